The lowest BCUT2D eigenvalue weighted by atomic mass is 11.4. The van der Waals surface area contributed by atoms with E-state index in [1.807, 2.05) is 0 Å². The zero-order valence-electron chi connectivity index (χ0n) is 3.21. The third kappa shape index (κ3) is 5.54. The molecule has 6 heteroatoms. The molecule has 1 amide bonds. The Morgan fingerprint density at radius 3 is 2.43 bits per heavy atom. The fourth-order valence-corrected chi connectivity index (χ4v) is 0.217. The van der Waals surface area contributed by atoms with Crippen molar-refractivity contribution in [1.82, 2.24) is 10.3 Å². The molecule has 0 heterocycles. The van der Waals surface area contributed by atoms with Gasteiger partial charge in [0.2, 0.25) is 6.41 Å². The number of hydrazine groups is 1. The Hall–Kier alpha value is -0.460. The van der Waals surface area contributed by atoms with E-state index in [1.165, 1.54) is 0 Å². The summed E-state index contributed by atoms with van der Waals surface area (Å²) in [7, 11) is 0. The highest BCUT2D eigenvalue weighted by molar-refractivity contribution is 7.77. The Labute approximate surface area is 42.5 Å². The normalized spacial score (nSPS) is 12.7. The van der Waals surface area contributed by atoms with E-state index < -0.39 is 11.3 Å². The third-order valence-electron chi connectivity index (χ3n) is 0.201. The van der Waals surface area contributed by atoms with Crippen LogP contribution in [0.4, 0.5) is 0 Å². The van der Waals surface area contributed by atoms with Crippen LogP contribution < -0.4 is 10.3 Å². The fraction of sp³-hybridized carbons (Fsp3) is 0. The lowest BCUT2D eigenvalue weighted by Gasteiger charge is -2.01. The van der Waals surface area contributed by atoms with E-state index in [2.05, 4.69) is 0 Å². The third-order valence-corrected chi connectivity index (χ3v) is 0.486. The molecule has 7 heavy (non-hydrogen) atoms. The van der Waals surface area contributed by atoms with E-state index in [4.69, 9.17) is 0 Å². The molecule has 0 bridgehead atoms. The summed E-state index contributed by atoms with van der Waals surface area (Å²) in [5.74, 6) is 0. The number of amides is 1. The molecular weight excluding hydrogens is 120 g/mol. The average molecular weight is 123 g/mol. The molecule has 0 aliphatic rings. The first kappa shape index (κ1) is 6.54. The molecule has 1 atom stereocenters. The minimum Gasteiger partial charge on any atom is -0.759 e. The molecule has 0 saturated carbocycles. The maximum Gasteiger partial charge on any atom is 0.222 e. The number of carbonyl (C=O) groups is 1. The number of nitrogens with one attached hydrogen (secondary N) is 2. The van der Waals surface area contributed by atoms with Crippen LogP contribution in [0.3, 0.4) is 0 Å². The number of hydrogen-bond acceptors (Lipinski definition) is 3. The van der Waals surface area contributed by atoms with Crippen LogP contribution in [0.5, 0.6) is 0 Å². The van der Waals surface area contributed by atoms with Crippen molar-refractivity contribution in [2.75, 3.05) is 0 Å². The standard InChI is InChI=1S/CH4N2O3S/c4-1-2-3-7(5)6/h1,3H,(H,2,4)(H,5,6)/p-1. The molecule has 0 aromatic carbocycles. The Morgan fingerprint density at radius 1 is 1.71 bits per heavy atom. The lowest BCUT2D eigenvalue weighted by molar-refractivity contribution is -0.109. The Balaban J connectivity index is 2.97. The van der Waals surface area contributed by atoms with Gasteiger partial charge in [-0.2, -0.15) is 4.83 Å². The van der Waals surface area contributed by atoms with Crippen LogP contribution in [0.15, 0.2) is 0 Å². The van der Waals surface area contributed by atoms with Gasteiger partial charge < -0.3 is 4.55 Å². The van der Waals surface area contributed by atoms with Crippen molar-refractivity contribution < 1.29 is 13.6 Å². The zero-order valence-corrected chi connectivity index (χ0v) is 4.03. The highest BCUT2D eigenvalue weighted by Crippen LogP contribution is 1.48. The zero-order chi connectivity index (χ0) is 5.70. The predicted octanol–water partition coefficient (Wildman–Crippen LogP) is -1.97. The van der Waals surface area contributed by atoms with Gasteiger partial charge >= 0.3 is 0 Å². The summed E-state index contributed by atoms with van der Waals surface area (Å²) in [5, 5.41) is 0. The van der Waals surface area contributed by atoms with Crippen LogP contribution in [-0.2, 0) is 16.1 Å². The van der Waals surface area contributed by atoms with Gasteiger partial charge in [0.1, 0.15) is 0 Å². The molecular formula is CH3N2O3S-. The van der Waals surface area contributed by atoms with E-state index in [0.717, 1.165) is 0 Å². The highest BCUT2D eigenvalue weighted by atomic mass is 32.2. The summed E-state index contributed by atoms with van der Waals surface area (Å²) in [6.45, 7) is 0. The smallest absolute Gasteiger partial charge is 0.222 e. The quantitative estimate of drug-likeness (QED) is 0.259. The number of rotatable bonds is 3. The van der Waals surface area contributed by atoms with Gasteiger partial charge in [0.05, 0.1) is 0 Å². The Bertz CT molecular complexity index is 83.0. The van der Waals surface area contributed by atoms with E-state index in [1.54, 1.807) is 10.3 Å². The first-order chi connectivity index (χ1) is 3.27. The van der Waals surface area contributed by atoms with Crippen molar-refractivity contribution in [2.24, 2.45) is 0 Å². The minimum atomic E-state index is -2.41. The van der Waals surface area contributed by atoms with Crippen molar-refractivity contribution in [2.45, 2.75) is 0 Å². The van der Waals surface area contributed by atoms with Crippen LogP contribution in [0, 0.1) is 0 Å². The van der Waals surface area contributed by atoms with E-state index in [9.17, 15) is 13.6 Å². The molecule has 0 aromatic rings. The molecule has 0 saturated heterocycles. The summed E-state index contributed by atoms with van der Waals surface area (Å²) in [6, 6.07) is 0. The molecule has 5 nitrogen and oxygen atoms in total. The molecule has 2 N–H and O–H groups in total. The monoisotopic (exact) mass is 123 g/mol. The molecule has 0 fully saturated rings. The van der Waals surface area contributed by atoms with E-state index in [0.29, 0.717) is 0 Å². The number of hydrogen-bond donors (Lipinski definition) is 2. The van der Waals surface area contributed by atoms with Crippen molar-refractivity contribution in [3.8, 4) is 0 Å². The summed E-state index contributed by atoms with van der Waals surface area (Å²) >= 11 is -2.41. The highest BCUT2D eigenvalue weighted by Gasteiger charge is 1.70. The van der Waals surface area contributed by atoms with Crippen molar-refractivity contribution in [3.05, 3.63) is 0 Å². The van der Waals surface area contributed by atoms with Crippen molar-refractivity contribution in [1.29, 1.82) is 0 Å². The van der Waals surface area contributed by atoms with Gasteiger partial charge in [-0.25, -0.2) is 0 Å². The molecule has 0 radical (unpaired) electrons. The Morgan fingerprint density at radius 2 is 2.29 bits per heavy atom. The van der Waals surface area contributed by atoms with Gasteiger partial charge in [-0.05, 0) is 0 Å². The first-order valence-electron chi connectivity index (χ1n) is 1.31. The van der Waals surface area contributed by atoms with Gasteiger partial charge in [-0.1, -0.05) is 0 Å². The largest absolute Gasteiger partial charge is 0.759 e. The SMILES string of the molecule is O=CNNS(=O)[O-]. The van der Waals surface area contributed by atoms with Crippen molar-refractivity contribution >= 4 is 17.7 Å². The van der Waals surface area contributed by atoms with Crippen LogP contribution in [-0.4, -0.2) is 15.2 Å². The summed E-state index contributed by atoms with van der Waals surface area (Å²) in [6.07, 6.45) is 0.218. The fourth-order valence-electron chi connectivity index (χ4n) is 0.0722. The molecule has 0 aromatic heterocycles. The minimum absolute atomic E-state index is 0.218. The second kappa shape index (κ2) is 3.72. The Kier molecular flexibility index (Phi) is 3.48. The summed E-state index contributed by atoms with van der Waals surface area (Å²) in [5.41, 5.74) is 1.70. The van der Waals surface area contributed by atoms with Crippen LogP contribution >= 0.6 is 0 Å². The van der Waals surface area contributed by atoms with Crippen LogP contribution in [0.1, 0.15) is 0 Å². The number of carbonyl (C=O) groups excluding carboxylic acids is 1. The van der Waals surface area contributed by atoms with E-state index >= 15 is 0 Å². The second-order valence-corrected chi connectivity index (χ2v) is 1.27. The molecule has 0 rings (SSSR count). The van der Waals surface area contributed by atoms with Crippen LogP contribution in [0.25, 0.3) is 0 Å². The first-order valence-corrected chi connectivity index (χ1v) is 2.39. The van der Waals surface area contributed by atoms with Gasteiger partial charge in [0, 0.05) is 11.3 Å². The summed E-state index contributed by atoms with van der Waals surface area (Å²) < 4.78 is 18.9. The molecule has 1 unspecified atom stereocenters. The van der Waals surface area contributed by atoms with Gasteiger partial charge in [-0.15, -0.1) is 0 Å². The van der Waals surface area contributed by atoms with Gasteiger partial charge in [-0.3, -0.25) is 14.4 Å². The van der Waals surface area contributed by atoms with E-state index in [-0.39, 0.29) is 6.41 Å². The topological polar surface area (TPSA) is 81.3 Å². The predicted molar refractivity (Wildman–Crippen MR) is 21.3 cm³/mol. The molecule has 0 spiro atoms. The van der Waals surface area contributed by atoms with Gasteiger partial charge in [0.15, 0.2) is 0 Å². The van der Waals surface area contributed by atoms with Gasteiger partial charge in [0.25, 0.3) is 0 Å². The molecule has 42 valence electrons. The maximum absolute atomic E-state index is 9.43. The molecule has 0 aliphatic carbocycles. The van der Waals surface area contributed by atoms with Crippen molar-refractivity contribution in [3.63, 3.8) is 0 Å². The van der Waals surface area contributed by atoms with Crippen LogP contribution in [0.2, 0.25) is 0 Å². The lowest BCUT2D eigenvalue weighted by Crippen LogP contribution is -2.31. The average Bonchev–Trinajstić information content (AvgIpc) is 1.61. The molecule has 0 aliphatic heterocycles. The second-order valence-electron chi connectivity index (χ2n) is 0.599. The maximum atomic E-state index is 9.43. The summed E-state index contributed by atoms with van der Waals surface area (Å²) in [4.78, 5) is 10.9.